The highest BCUT2D eigenvalue weighted by molar-refractivity contribution is 5.94. The lowest BCUT2D eigenvalue weighted by Gasteiger charge is -2.36. The van der Waals surface area contributed by atoms with Gasteiger partial charge in [-0.15, -0.1) is 0 Å². The van der Waals surface area contributed by atoms with Gasteiger partial charge in [-0.3, -0.25) is 15.1 Å². The number of methoxy groups -OCH3 is 1. The number of urea groups is 1. The SMILES string of the molecule is COC(=O)CCc1ccc(N2CCN(C3CCN(C(=N)N)CC3)C2=O)cc1. The molecule has 2 aliphatic heterocycles. The van der Waals surface area contributed by atoms with Crippen molar-refractivity contribution in [1.82, 2.24) is 9.80 Å². The van der Waals surface area contributed by atoms with Gasteiger partial charge in [-0.1, -0.05) is 12.1 Å². The Bertz CT molecular complexity index is 698. The third-order valence-corrected chi connectivity index (χ3v) is 5.38. The molecule has 1 aromatic rings. The van der Waals surface area contributed by atoms with Crippen molar-refractivity contribution in [2.45, 2.75) is 31.7 Å². The van der Waals surface area contributed by atoms with E-state index in [9.17, 15) is 9.59 Å². The van der Waals surface area contributed by atoms with Crippen LogP contribution in [0, 0.1) is 5.41 Å². The van der Waals surface area contributed by atoms with Crippen molar-refractivity contribution in [3.63, 3.8) is 0 Å². The molecule has 2 fully saturated rings. The van der Waals surface area contributed by atoms with Gasteiger partial charge in [0.05, 0.1) is 7.11 Å². The van der Waals surface area contributed by atoms with Gasteiger partial charge < -0.3 is 20.3 Å². The average Bonchev–Trinajstić information content (AvgIpc) is 3.08. The number of piperidine rings is 1. The summed E-state index contributed by atoms with van der Waals surface area (Å²) < 4.78 is 4.66. The van der Waals surface area contributed by atoms with Gasteiger partial charge in [0.15, 0.2) is 5.96 Å². The average molecular weight is 373 g/mol. The Labute approximate surface area is 159 Å². The third kappa shape index (κ3) is 4.32. The molecule has 0 spiro atoms. The van der Waals surface area contributed by atoms with E-state index in [2.05, 4.69) is 4.74 Å². The van der Waals surface area contributed by atoms with Crippen molar-refractivity contribution in [3.05, 3.63) is 29.8 Å². The number of carbonyl (C=O) groups excluding carboxylic acids is 2. The number of nitrogens with one attached hydrogen (secondary N) is 1. The van der Waals surface area contributed by atoms with Crippen molar-refractivity contribution in [3.8, 4) is 0 Å². The molecule has 8 nitrogen and oxygen atoms in total. The maximum Gasteiger partial charge on any atom is 0.324 e. The number of aryl methyl sites for hydroxylation is 1. The Hall–Kier alpha value is -2.77. The van der Waals surface area contributed by atoms with Crippen LogP contribution in [0.3, 0.4) is 0 Å². The first kappa shape index (κ1) is 19.0. The summed E-state index contributed by atoms with van der Waals surface area (Å²) in [5, 5.41) is 7.52. The summed E-state index contributed by atoms with van der Waals surface area (Å²) in [5.74, 6) is -0.115. The van der Waals surface area contributed by atoms with Gasteiger partial charge in [-0.25, -0.2) is 4.79 Å². The first-order valence-corrected chi connectivity index (χ1v) is 9.32. The van der Waals surface area contributed by atoms with Crippen LogP contribution in [0.4, 0.5) is 10.5 Å². The first-order valence-electron chi connectivity index (χ1n) is 9.32. The number of hydrogen-bond donors (Lipinski definition) is 2. The largest absolute Gasteiger partial charge is 0.469 e. The van der Waals surface area contributed by atoms with Crippen LogP contribution in [0.5, 0.6) is 0 Å². The first-order chi connectivity index (χ1) is 13.0. The zero-order chi connectivity index (χ0) is 19.4. The molecule has 146 valence electrons. The van der Waals surface area contributed by atoms with Crippen molar-refractivity contribution in [1.29, 1.82) is 5.41 Å². The molecule has 2 heterocycles. The van der Waals surface area contributed by atoms with Gasteiger partial charge in [-0.2, -0.15) is 0 Å². The predicted molar refractivity (Wildman–Crippen MR) is 103 cm³/mol. The molecular formula is C19H27N5O3. The number of likely N-dealkylation sites (tertiary alicyclic amines) is 1. The molecule has 3 rings (SSSR count). The lowest BCUT2D eigenvalue weighted by Crippen LogP contribution is -2.49. The van der Waals surface area contributed by atoms with Crippen LogP contribution in [0.1, 0.15) is 24.8 Å². The van der Waals surface area contributed by atoms with E-state index in [0.29, 0.717) is 25.9 Å². The summed E-state index contributed by atoms with van der Waals surface area (Å²) in [7, 11) is 1.39. The third-order valence-electron chi connectivity index (χ3n) is 5.38. The van der Waals surface area contributed by atoms with Gasteiger partial charge in [0, 0.05) is 44.3 Å². The van der Waals surface area contributed by atoms with E-state index in [1.54, 1.807) is 4.90 Å². The molecule has 0 unspecified atom stereocenters. The summed E-state index contributed by atoms with van der Waals surface area (Å²) in [6.07, 6.45) is 2.66. The highest BCUT2D eigenvalue weighted by Crippen LogP contribution is 2.26. The standard InChI is InChI=1S/C19H27N5O3/c1-27-17(25)7-4-14-2-5-15(6-3-14)23-12-13-24(19(23)26)16-8-10-22(11-9-16)18(20)21/h2-3,5-6,16H,4,7-13H2,1H3,(H3,20,21). The monoisotopic (exact) mass is 373 g/mol. The van der Waals surface area contributed by atoms with E-state index in [-0.39, 0.29) is 24.0 Å². The predicted octanol–water partition coefficient (Wildman–Crippen LogP) is 1.39. The lowest BCUT2D eigenvalue weighted by atomic mass is 10.0. The van der Waals surface area contributed by atoms with Crippen LogP contribution in [0.25, 0.3) is 0 Å². The number of nitrogens with two attached hydrogens (primary N) is 1. The minimum atomic E-state index is -0.222. The minimum Gasteiger partial charge on any atom is -0.469 e. The minimum absolute atomic E-state index is 0.0404. The van der Waals surface area contributed by atoms with Crippen LogP contribution in [0.15, 0.2) is 24.3 Å². The van der Waals surface area contributed by atoms with E-state index in [0.717, 1.165) is 37.2 Å². The van der Waals surface area contributed by atoms with E-state index in [1.165, 1.54) is 7.11 Å². The van der Waals surface area contributed by atoms with Gasteiger partial charge in [0.1, 0.15) is 0 Å². The smallest absolute Gasteiger partial charge is 0.324 e. The van der Waals surface area contributed by atoms with Crippen molar-refractivity contribution < 1.29 is 14.3 Å². The topological polar surface area (TPSA) is 103 Å². The van der Waals surface area contributed by atoms with Crippen LogP contribution in [-0.4, -0.2) is 67.1 Å². The van der Waals surface area contributed by atoms with Gasteiger partial charge in [-0.05, 0) is 37.0 Å². The fraction of sp³-hybridized carbons (Fsp3) is 0.526. The number of rotatable bonds is 5. The Morgan fingerprint density at radius 1 is 1.19 bits per heavy atom. The molecule has 27 heavy (non-hydrogen) atoms. The second kappa shape index (κ2) is 8.28. The summed E-state index contributed by atoms with van der Waals surface area (Å²) in [6, 6.07) is 8.04. The van der Waals surface area contributed by atoms with Gasteiger partial charge in [0.25, 0.3) is 0 Å². The van der Waals surface area contributed by atoms with Crippen LogP contribution >= 0.6 is 0 Å². The molecule has 3 N–H and O–H groups in total. The number of amides is 2. The number of ether oxygens (including phenoxy) is 1. The summed E-state index contributed by atoms with van der Waals surface area (Å²) in [5.41, 5.74) is 7.47. The van der Waals surface area contributed by atoms with Gasteiger partial charge in [0.2, 0.25) is 0 Å². The van der Waals surface area contributed by atoms with Crippen molar-refractivity contribution in [2.75, 3.05) is 38.2 Å². The molecule has 2 aliphatic rings. The molecule has 8 heteroatoms. The summed E-state index contributed by atoms with van der Waals surface area (Å²) in [4.78, 5) is 29.7. The number of hydrogen-bond acceptors (Lipinski definition) is 4. The maximum absolute atomic E-state index is 12.9. The summed E-state index contributed by atoms with van der Waals surface area (Å²) >= 11 is 0. The number of anilines is 1. The summed E-state index contributed by atoms with van der Waals surface area (Å²) in [6.45, 7) is 2.83. The molecular weight excluding hydrogens is 346 g/mol. The zero-order valence-corrected chi connectivity index (χ0v) is 15.7. The Morgan fingerprint density at radius 3 is 2.44 bits per heavy atom. The molecule has 0 bridgehead atoms. The Morgan fingerprint density at radius 2 is 1.85 bits per heavy atom. The molecule has 0 aromatic heterocycles. The molecule has 0 radical (unpaired) electrons. The van der Waals surface area contributed by atoms with E-state index in [1.807, 2.05) is 34.1 Å². The number of benzene rings is 1. The van der Waals surface area contributed by atoms with E-state index in [4.69, 9.17) is 11.1 Å². The van der Waals surface area contributed by atoms with E-state index >= 15 is 0 Å². The second-order valence-corrected chi connectivity index (χ2v) is 6.97. The van der Waals surface area contributed by atoms with Crippen LogP contribution in [0.2, 0.25) is 0 Å². The molecule has 0 saturated carbocycles. The second-order valence-electron chi connectivity index (χ2n) is 6.97. The van der Waals surface area contributed by atoms with Crippen LogP contribution in [-0.2, 0) is 16.0 Å². The number of nitrogens with zero attached hydrogens (tertiary/aromatic N) is 3. The normalized spacial score (nSPS) is 18.1. The fourth-order valence-corrected chi connectivity index (χ4v) is 3.74. The highest BCUT2D eigenvalue weighted by Gasteiger charge is 2.36. The molecule has 1 aromatic carbocycles. The maximum atomic E-state index is 12.9. The molecule has 2 saturated heterocycles. The van der Waals surface area contributed by atoms with Crippen molar-refractivity contribution >= 4 is 23.6 Å². The van der Waals surface area contributed by atoms with E-state index < -0.39 is 0 Å². The molecule has 0 atom stereocenters. The number of guanidine groups is 1. The Kier molecular flexibility index (Phi) is 5.83. The number of carbonyl (C=O) groups is 2. The zero-order valence-electron chi connectivity index (χ0n) is 15.7. The molecule has 0 aliphatic carbocycles. The van der Waals surface area contributed by atoms with Crippen molar-refractivity contribution in [2.24, 2.45) is 5.73 Å². The molecule has 2 amide bonds. The number of esters is 1. The highest BCUT2D eigenvalue weighted by atomic mass is 16.5. The Balaban J connectivity index is 1.57. The quantitative estimate of drug-likeness (QED) is 0.461. The van der Waals surface area contributed by atoms with Crippen LogP contribution < -0.4 is 10.6 Å². The lowest BCUT2D eigenvalue weighted by molar-refractivity contribution is -0.140. The van der Waals surface area contributed by atoms with Gasteiger partial charge >= 0.3 is 12.0 Å². The fourth-order valence-electron chi connectivity index (χ4n) is 3.74.